The summed E-state index contributed by atoms with van der Waals surface area (Å²) in [5.41, 5.74) is 1.83. The van der Waals surface area contributed by atoms with Crippen LogP contribution in [0.4, 0.5) is 11.4 Å². The molecule has 0 bridgehead atoms. The number of hydrogen-bond acceptors (Lipinski definition) is 6. The molecule has 3 aromatic rings. The molecule has 1 saturated carbocycles. The fourth-order valence-electron chi connectivity index (χ4n) is 3.44. The second-order valence-corrected chi connectivity index (χ2v) is 8.19. The van der Waals surface area contributed by atoms with Gasteiger partial charge in [-0.3, -0.25) is 14.4 Å². The number of rotatable bonds is 10. The molecule has 0 aromatic heterocycles. The quantitative estimate of drug-likeness (QED) is 0.398. The molecule has 3 aromatic carbocycles. The number of carbonyl (C=O) groups is 3. The molecule has 0 radical (unpaired) electrons. The van der Waals surface area contributed by atoms with E-state index in [0.717, 1.165) is 12.8 Å². The van der Waals surface area contributed by atoms with Gasteiger partial charge in [-0.05, 0) is 61.4 Å². The number of methoxy groups -OCH3 is 2. The molecule has 36 heavy (non-hydrogen) atoms. The molecule has 0 aliphatic heterocycles. The van der Waals surface area contributed by atoms with E-state index in [4.69, 9.17) is 14.2 Å². The minimum Gasteiger partial charge on any atom is -0.495 e. The standard InChI is InChI=1S/C27H27N3O6/c1-34-22-9-4-3-8-21(22)30-25(31)16-36-23-13-10-18(15-24(23)35-2)27(33)29-20-7-5-6-17(14-20)26(32)28-19-11-12-19/h3-10,13-15,19H,11-12,16H2,1-2H3,(H,28,32)(H,29,33)(H,30,31). The molecular weight excluding hydrogens is 462 g/mol. The highest BCUT2D eigenvalue weighted by Crippen LogP contribution is 2.29. The molecule has 0 unspecified atom stereocenters. The molecule has 1 aliphatic carbocycles. The number of benzene rings is 3. The molecule has 186 valence electrons. The number of ether oxygens (including phenoxy) is 3. The van der Waals surface area contributed by atoms with E-state index in [2.05, 4.69) is 16.0 Å². The van der Waals surface area contributed by atoms with Crippen LogP contribution in [0.5, 0.6) is 17.2 Å². The third-order valence-corrected chi connectivity index (χ3v) is 5.46. The van der Waals surface area contributed by atoms with Crippen molar-refractivity contribution in [2.45, 2.75) is 18.9 Å². The fraction of sp³-hybridized carbons (Fsp3) is 0.222. The van der Waals surface area contributed by atoms with Gasteiger partial charge in [-0.1, -0.05) is 18.2 Å². The first-order valence-electron chi connectivity index (χ1n) is 11.4. The van der Waals surface area contributed by atoms with E-state index in [1.807, 2.05) is 0 Å². The van der Waals surface area contributed by atoms with Gasteiger partial charge in [0.25, 0.3) is 17.7 Å². The van der Waals surface area contributed by atoms with Crippen molar-refractivity contribution in [3.05, 3.63) is 77.9 Å². The lowest BCUT2D eigenvalue weighted by Gasteiger charge is -2.13. The Kier molecular flexibility index (Phi) is 7.69. The predicted octanol–water partition coefficient (Wildman–Crippen LogP) is 3.87. The second kappa shape index (κ2) is 11.3. The Morgan fingerprint density at radius 2 is 1.53 bits per heavy atom. The van der Waals surface area contributed by atoms with Crippen LogP contribution < -0.4 is 30.2 Å². The van der Waals surface area contributed by atoms with Gasteiger partial charge in [0.15, 0.2) is 18.1 Å². The van der Waals surface area contributed by atoms with Gasteiger partial charge < -0.3 is 30.2 Å². The molecule has 3 N–H and O–H groups in total. The monoisotopic (exact) mass is 489 g/mol. The first-order valence-corrected chi connectivity index (χ1v) is 11.4. The zero-order valence-corrected chi connectivity index (χ0v) is 20.0. The number of hydrogen-bond donors (Lipinski definition) is 3. The highest BCUT2D eigenvalue weighted by atomic mass is 16.5. The lowest BCUT2D eigenvalue weighted by molar-refractivity contribution is -0.118. The third-order valence-electron chi connectivity index (χ3n) is 5.46. The Morgan fingerprint density at radius 3 is 2.28 bits per heavy atom. The maximum absolute atomic E-state index is 12.8. The van der Waals surface area contributed by atoms with Crippen LogP contribution in [0.25, 0.3) is 0 Å². The summed E-state index contributed by atoms with van der Waals surface area (Å²) in [4.78, 5) is 37.4. The Hall–Kier alpha value is -4.53. The molecule has 0 atom stereocenters. The maximum atomic E-state index is 12.8. The van der Waals surface area contributed by atoms with Gasteiger partial charge in [0, 0.05) is 22.9 Å². The van der Waals surface area contributed by atoms with Crippen molar-refractivity contribution in [2.75, 3.05) is 31.5 Å². The van der Waals surface area contributed by atoms with Crippen LogP contribution in [0.2, 0.25) is 0 Å². The van der Waals surface area contributed by atoms with Gasteiger partial charge >= 0.3 is 0 Å². The van der Waals surface area contributed by atoms with Crippen LogP contribution in [-0.2, 0) is 4.79 Å². The number of para-hydroxylation sites is 2. The average molecular weight is 490 g/mol. The highest BCUT2D eigenvalue weighted by Gasteiger charge is 2.24. The van der Waals surface area contributed by atoms with Crippen molar-refractivity contribution >= 4 is 29.1 Å². The molecule has 0 heterocycles. The molecule has 0 saturated heterocycles. The van der Waals surface area contributed by atoms with Gasteiger partial charge in [-0.2, -0.15) is 0 Å². The molecule has 1 fully saturated rings. The van der Waals surface area contributed by atoms with Crippen LogP contribution in [0.15, 0.2) is 66.7 Å². The zero-order chi connectivity index (χ0) is 25.5. The summed E-state index contributed by atoms with van der Waals surface area (Å²) in [7, 11) is 2.97. The summed E-state index contributed by atoms with van der Waals surface area (Å²) in [6, 6.07) is 18.7. The van der Waals surface area contributed by atoms with Crippen LogP contribution in [0.3, 0.4) is 0 Å². The first kappa shape index (κ1) is 24.6. The SMILES string of the molecule is COc1ccccc1NC(=O)COc1ccc(C(=O)Nc2cccc(C(=O)NC3CC3)c2)cc1OC. The summed E-state index contributed by atoms with van der Waals surface area (Å²) in [5.74, 6) is 0.218. The van der Waals surface area contributed by atoms with Crippen molar-refractivity contribution in [3.8, 4) is 17.2 Å². The lowest BCUT2D eigenvalue weighted by Crippen LogP contribution is -2.25. The zero-order valence-electron chi connectivity index (χ0n) is 20.0. The van der Waals surface area contributed by atoms with Gasteiger partial charge in [0.1, 0.15) is 5.75 Å². The van der Waals surface area contributed by atoms with Crippen molar-refractivity contribution in [1.82, 2.24) is 5.32 Å². The molecule has 9 heteroatoms. The minimum atomic E-state index is -0.381. The van der Waals surface area contributed by atoms with E-state index in [0.29, 0.717) is 39.8 Å². The normalized spacial score (nSPS) is 12.3. The second-order valence-electron chi connectivity index (χ2n) is 8.19. The largest absolute Gasteiger partial charge is 0.495 e. The molecule has 1 aliphatic rings. The predicted molar refractivity (Wildman–Crippen MR) is 135 cm³/mol. The van der Waals surface area contributed by atoms with Gasteiger partial charge in [0.05, 0.1) is 19.9 Å². The topological polar surface area (TPSA) is 115 Å². The Morgan fingerprint density at radius 1 is 0.778 bits per heavy atom. The number of anilines is 2. The fourth-order valence-corrected chi connectivity index (χ4v) is 3.44. The van der Waals surface area contributed by atoms with E-state index in [9.17, 15) is 14.4 Å². The molecule has 0 spiro atoms. The molecule has 4 rings (SSSR count). The van der Waals surface area contributed by atoms with E-state index < -0.39 is 0 Å². The van der Waals surface area contributed by atoms with Gasteiger partial charge in [-0.25, -0.2) is 0 Å². The van der Waals surface area contributed by atoms with Crippen LogP contribution in [0, 0.1) is 0 Å². The summed E-state index contributed by atoms with van der Waals surface area (Å²) in [5, 5.41) is 8.45. The van der Waals surface area contributed by atoms with Crippen molar-refractivity contribution < 1.29 is 28.6 Å². The van der Waals surface area contributed by atoms with Gasteiger partial charge in [-0.15, -0.1) is 0 Å². The van der Waals surface area contributed by atoms with E-state index >= 15 is 0 Å². The van der Waals surface area contributed by atoms with E-state index in [1.54, 1.807) is 60.7 Å². The molecule has 3 amide bonds. The number of carbonyl (C=O) groups excluding carboxylic acids is 3. The van der Waals surface area contributed by atoms with E-state index in [-0.39, 0.29) is 30.4 Å². The van der Waals surface area contributed by atoms with Crippen LogP contribution in [0.1, 0.15) is 33.6 Å². The van der Waals surface area contributed by atoms with Crippen molar-refractivity contribution in [1.29, 1.82) is 0 Å². The first-order chi connectivity index (χ1) is 17.5. The Balaban J connectivity index is 1.37. The summed E-state index contributed by atoms with van der Waals surface area (Å²) >= 11 is 0. The molecule has 9 nitrogen and oxygen atoms in total. The number of amides is 3. The molecular formula is C27H27N3O6. The average Bonchev–Trinajstić information content (AvgIpc) is 3.71. The van der Waals surface area contributed by atoms with Crippen LogP contribution in [-0.4, -0.2) is 44.6 Å². The Bertz CT molecular complexity index is 1270. The van der Waals surface area contributed by atoms with E-state index in [1.165, 1.54) is 20.3 Å². The lowest BCUT2D eigenvalue weighted by atomic mass is 10.1. The van der Waals surface area contributed by atoms with Crippen molar-refractivity contribution in [3.63, 3.8) is 0 Å². The number of nitrogens with one attached hydrogen (secondary N) is 3. The van der Waals surface area contributed by atoms with Crippen LogP contribution >= 0.6 is 0 Å². The highest BCUT2D eigenvalue weighted by molar-refractivity contribution is 6.05. The summed E-state index contributed by atoms with van der Waals surface area (Å²) in [6.45, 7) is -0.268. The minimum absolute atomic E-state index is 0.161. The summed E-state index contributed by atoms with van der Waals surface area (Å²) in [6.07, 6.45) is 1.99. The third kappa shape index (κ3) is 6.32. The van der Waals surface area contributed by atoms with Crippen molar-refractivity contribution in [2.24, 2.45) is 0 Å². The summed E-state index contributed by atoms with van der Waals surface area (Å²) < 4.78 is 16.2. The Labute approximate surface area is 208 Å². The smallest absolute Gasteiger partial charge is 0.262 e. The maximum Gasteiger partial charge on any atom is 0.262 e. The van der Waals surface area contributed by atoms with Gasteiger partial charge in [0.2, 0.25) is 0 Å².